The molecule has 0 N–H and O–H groups in total. The first-order chi connectivity index (χ1) is 22.7. The molecule has 2 unspecified atom stereocenters. The summed E-state index contributed by atoms with van der Waals surface area (Å²) >= 11 is 0. The van der Waals surface area contributed by atoms with Crippen LogP contribution in [0.15, 0.2) is 72.8 Å². The van der Waals surface area contributed by atoms with Crippen LogP contribution in [0.4, 0.5) is 0 Å². The Bertz CT molecular complexity index is 1920. The highest BCUT2D eigenvalue weighted by Crippen LogP contribution is 2.46. The van der Waals surface area contributed by atoms with E-state index in [1.807, 2.05) is 26.0 Å². The topological polar surface area (TPSA) is 80.4 Å². The number of fused-ring (bicyclic) bond motifs is 11. The third-order valence-corrected chi connectivity index (χ3v) is 8.57. The van der Waals surface area contributed by atoms with Gasteiger partial charge in [0.15, 0.2) is 13.6 Å². The quantitative estimate of drug-likeness (QED) is 0.0529. The maximum absolute atomic E-state index is 6.16. The van der Waals surface area contributed by atoms with Crippen LogP contribution in [0.3, 0.4) is 0 Å². The number of epoxide rings is 2. The normalized spacial score (nSPS) is 17.3. The monoisotopic (exact) mass is 620 g/mol. The minimum atomic E-state index is 0.170. The van der Waals surface area contributed by atoms with Gasteiger partial charge in [0.05, 0.1) is 13.2 Å². The Hall–Kier alpha value is -4.34. The van der Waals surface area contributed by atoms with Gasteiger partial charge in [-0.25, -0.2) is 0 Å². The maximum atomic E-state index is 6.16. The van der Waals surface area contributed by atoms with Crippen LogP contribution in [-0.2, 0) is 18.9 Å². The van der Waals surface area contributed by atoms with E-state index in [1.165, 1.54) is 5.39 Å². The molecule has 2 fully saturated rings. The molecular weight excluding hydrogens is 584 g/mol. The van der Waals surface area contributed by atoms with E-state index in [-0.39, 0.29) is 25.8 Å². The largest absolute Gasteiger partial charge is 0.491 e. The van der Waals surface area contributed by atoms with Crippen molar-refractivity contribution in [3.8, 4) is 23.0 Å². The number of ether oxygens (including phenoxy) is 8. The average molecular weight is 621 g/mol. The molecule has 0 bridgehead atoms. The summed E-state index contributed by atoms with van der Waals surface area (Å²) in [5.41, 5.74) is 0. The van der Waals surface area contributed by atoms with Gasteiger partial charge in [-0.1, -0.05) is 24.3 Å². The molecule has 8 rings (SSSR count). The van der Waals surface area contributed by atoms with E-state index >= 15 is 0 Å². The lowest BCUT2D eigenvalue weighted by atomic mass is 9.87. The molecule has 2 atom stereocenters. The van der Waals surface area contributed by atoms with Crippen LogP contribution in [0.2, 0.25) is 0 Å². The Morgan fingerprint density at radius 3 is 1.11 bits per heavy atom. The van der Waals surface area contributed by atoms with E-state index in [0.717, 1.165) is 84.7 Å². The van der Waals surface area contributed by atoms with Gasteiger partial charge in [-0.2, -0.15) is 0 Å². The molecule has 2 aliphatic rings. The predicted molar refractivity (Wildman–Crippen MR) is 179 cm³/mol. The lowest BCUT2D eigenvalue weighted by Gasteiger charge is -2.19. The van der Waals surface area contributed by atoms with Crippen LogP contribution >= 0.6 is 0 Å². The van der Waals surface area contributed by atoms with Crippen LogP contribution in [0.1, 0.15) is 13.8 Å². The van der Waals surface area contributed by atoms with Gasteiger partial charge in [-0.15, -0.1) is 0 Å². The Labute approximate surface area is 266 Å². The van der Waals surface area contributed by atoms with Gasteiger partial charge in [-0.3, -0.25) is 0 Å². The molecule has 6 aromatic carbocycles. The lowest BCUT2D eigenvalue weighted by Crippen LogP contribution is -2.04. The Kier molecular flexibility index (Phi) is 7.88. The molecule has 8 nitrogen and oxygen atoms in total. The maximum Gasteiger partial charge on any atom is 0.189 e. The second-order valence-corrected chi connectivity index (χ2v) is 11.6. The molecule has 0 aliphatic carbocycles. The highest BCUT2D eigenvalue weighted by Gasteiger charge is 2.25. The molecule has 0 saturated carbocycles. The Morgan fingerprint density at radius 2 is 0.804 bits per heavy atom. The fourth-order valence-corrected chi connectivity index (χ4v) is 6.14. The van der Waals surface area contributed by atoms with Crippen molar-refractivity contribution in [3.63, 3.8) is 0 Å². The van der Waals surface area contributed by atoms with Gasteiger partial charge < -0.3 is 37.9 Å². The van der Waals surface area contributed by atoms with Crippen molar-refractivity contribution in [3.05, 3.63) is 72.8 Å². The molecular formula is C38H36O8. The molecule has 2 aliphatic heterocycles. The van der Waals surface area contributed by atoms with Gasteiger partial charge in [0, 0.05) is 13.2 Å². The summed E-state index contributed by atoms with van der Waals surface area (Å²) in [4.78, 5) is 0. The number of benzene rings is 6. The van der Waals surface area contributed by atoms with Crippen LogP contribution in [0, 0.1) is 0 Å². The first kappa shape index (κ1) is 29.1. The second-order valence-electron chi connectivity index (χ2n) is 11.6. The molecule has 0 radical (unpaired) electrons. The average Bonchev–Trinajstić information content (AvgIpc) is 4.02. The highest BCUT2D eigenvalue weighted by molar-refractivity contribution is 6.39. The van der Waals surface area contributed by atoms with E-state index < -0.39 is 0 Å². The molecule has 46 heavy (non-hydrogen) atoms. The summed E-state index contributed by atoms with van der Waals surface area (Å²) < 4.78 is 46.1. The Morgan fingerprint density at radius 1 is 0.478 bits per heavy atom. The van der Waals surface area contributed by atoms with E-state index in [4.69, 9.17) is 37.9 Å². The first-order valence-electron chi connectivity index (χ1n) is 15.9. The molecule has 0 amide bonds. The standard InChI is InChI=1S/C38H36O8/c1-3-39-21-45-25-7-11-31-35(15-25)33-13-23(41-17-27-19-43-27)5-9-29(33)37-30-10-6-24(42-18-28-20-44-28)14-34(30)36-16-26(46-22-40-4-2)8-12-32(36)38(31)37/h5-16,27-28H,3-4,17-22H2,1-2H3. The van der Waals surface area contributed by atoms with Crippen LogP contribution in [-0.4, -0.2) is 65.4 Å². The third-order valence-electron chi connectivity index (χ3n) is 8.57. The highest BCUT2D eigenvalue weighted by atomic mass is 16.7. The van der Waals surface area contributed by atoms with Gasteiger partial charge in [0.2, 0.25) is 0 Å². The van der Waals surface area contributed by atoms with Gasteiger partial charge in [0.1, 0.15) is 48.4 Å². The fourth-order valence-electron chi connectivity index (χ4n) is 6.14. The summed E-state index contributed by atoms with van der Waals surface area (Å²) in [5, 5.41) is 11.2. The van der Waals surface area contributed by atoms with Crippen LogP contribution in [0.25, 0.3) is 53.9 Å². The van der Waals surface area contributed by atoms with Crippen molar-refractivity contribution in [2.75, 3.05) is 53.2 Å². The van der Waals surface area contributed by atoms with Crippen LogP contribution < -0.4 is 18.9 Å². The molecule has 236 valence electrons. The van der Waals surface area contributed by atoms with Crippen molar-refractivity contribution in [1.82, 2.24) is 0 Å². The van der Waals surface area contributed by atoms with E-state index in [9.17, 15) is 0 Å². The molecule has 0 aromatic heterocycles. The Balaban J connectivity index is 1.40. The summed E-state index contributed by atoms with van der Waals surface area (Å²) in [6.45, 7) is 8.04. The molecule has 0 spiro atoms. The number of rotatable bonds is 14. The zero-order valence-corrected chi connectivity index (χ0v) is 26.0. The second kappa shape index (κ2) is 12.5. The van der Waals surface area contributed by atoms with Crippen molar-refractivity contribution in [1.29, 1.82) is 0 Å². The number of hydrogen-bond donors (Lipinski definition) is 0. The van der Waals surface area contributed by atoms with Gasteiger partial charge in [0.25, 0.3) is 0 Å². The van der Waals surface area contributed by atoms with Crippen molar-refractivity contribution in [2.24, 2.45) is 0 Å². The van der Waals surface area contributed by atoms with Crippen LogP contribution in [0.5, 0.6) is 23.0 Å². The summed E-state index contributed by atoms with van der Waals surface area (Å²) in [7, 11) is 0. The SMILES string of the molecule is CCOCOc1ccc2c(c1)c1cc(OCC3CO3)ccc1c1c3ccc(OCC4CO4)cc3c3cc(OCOCC)ccc3c21. The fraction of sp³-hybridized carbons (Fsp3) is 0.316. The summed E-state index contributed by atoms with van der Waals surface area (Å²) in [6, 6.07) is 25.3. The van der Waals surface area contributed by atoms with Crippen molar-refractivity contribution in [2.45, 2.75) is 26.1 Å². The lowest BCUT2D eigenvalue weighted by molar-refractivity contribution is 0.0223. The third kappa shape index (κ3) is 5.74. The zero-order valence-electron chi connectivity index (χ0n) is 26.0. The van der Waals surface area contributed by atoms with E-state index in [0.29, 0.717) is 26.4 Å². The van der Waals surface area contributed by atoms with E-state index in [2.05, 4.69) is 60.7 Å². The van der Waals surface area contributed by atoms with E-state index in [1.54, 1.807) is 0 Å². The van der Waals surface area contributed by atoms with Crippen molar-refractivity contribution >= 4 is 53.9 Å². The number of hydrogen-bond acceptors (Lipinski definition) is 8. The smallest absolute Gasteiger partial charge is 0.189 e. The molecule has 8 heteroatoms. The van der Waals surface area contributed by atoms with Gasteiger partial charge in [-0.05, 0) is 116 Å². The minimum Gasteiger partial charge on any atom is -0.491 e. The minimum absolute atomic E-state index is 0.170. The molecule has 2 saturated heterocycles. The molecule has 2 heterocycles. The summed E-state index contributed by atoms with van der Waals surface area (Å²) in [5.74, 6) is 3.11. The predicted octanol–water partition coefficient (Wildman–Crippen LogP) is 7.75. The zero-order chi connectivity index (χ0) is 31.0. The summed E-state index contributed by atoms with van der Waals surface area (Å²) in [6.07, 6.45) is 0.339. The molecule has 6 aromatic rings. The van der Waals surface area contributed by atoms with Gasteiger partial charge >= 0.3 is 0 Å². The first-order valence-corrected chi connectivity index (χ1v) is 15.9. The van der Waals surface area contributed by atoms with Crippen molar-refractivity contribution < 1.29 is 37.9 Å².